The van der Waals surface area contributed by atoms with Crippen molar-refractivity contribution in [2.24, 2.45) is 0 Å². The van der Waals surface area contributed by atoms with Crippen molar-refractivity contribution in [3.8, 4) is 0 Å². The molecule has 0 aromatic rings. The van der Waals surface area contributed by atoms with E-state index in [2.05, 4.69) is 27.7 Å². The molecule has 0 spiro atoms. The van der Waals surface area contributed by atoms with E-state index >= 15 is 0 Å². The summed E-state index contributed by atoms with van der Waals surface area (Å²) in [6, 6.07) is 0. The van der Waals surface area contributed by atoms with Gasteiger partial charge in [0, 0.05) is 39.1 Å². The summed E-state index contributed by atoms with van der Waals surface area (Å²) in [4.78, 5) is 0. The van der Waals surface area contributed by atoms with Gasteiger partial charge in [-0.15, -0.1) is 0 Å². The lowest BCUT2D eigenvalue weighted by atomic mass is 10.1. The van der Waals surface area contributed by atoms with Crippen LogP contribution in [0, 0.1) is 5.41 Å². The summed E-state index contributed by atoms with van der Waals surface area (Å²) in [6.45, 7) is 12.1. The van der Waals surface area contributed by atoms with Crippen LogP contribution in [0.3, 0.4) is 0 Å². The smallest absolute Gasteiger partial charge is 0.118 e. The summed E-state index contributed by atoms with van der Waals surface area (Å²) < 4.78 is 24.0. The van der Waals surface area contributed by atoms with Crippen LogP contribution in [-0.2, 0) is 18.9 Å². The fraction of sp³-hybridized carbons (Fsp3) is 0.955. The summed E-state index contributed by atoms with van der Waals surface area (Å²) in [5.74, 6) is 0. The molecular formula is C22H45NO4. The minimum atomic E-state index is -0.318. The van der Waals surface area contributed by atoms with Crippen molar-refractivity contribution >= 4 is 6.21 Å². The van der Waals surface area contributed by atoms with Gasteiger partial charge in [0.25, 0.3) is 0 Å². The van der Waals surface area contributed by atoms with Crippen molar-refractivity contribution in [1.82, 2.24) is 0 Å². The zero-order valence-corrected chi connectivity index (χ0v) is 18.3. The van der Waals surface area contributed by atoms with Gasteiger partial charge in [0.1, 0.15) is 6.10 Å². The molecule has 162 valence electrons. The predicted octanol–water partition coefficient (Wildman–Crippen LogP) is 5.40. The molecule has 0 amide bonds. The summed E-state index contributed by atoms with van der Waals surface area (Å²) in [5.41, 5.74) is 0. The third kappa shape index (κ3) is 15.1. The average molecular weight is 388 g/mol. The summed E-state index contributed by atoms with van der Waals surface area (Å²) in [6.07, 6.45) is 10.1. The van der Waals surface area contributed by atoms with Gasteiger partial charge in [-0.1, -0.05) is 53.4 Å². The second kappa shape index (κ2) is 20.2. The van der Waals surface area contributed by atoms with Crippen molar-refractivity contribution in [1.29, 1.82) is 5.41 Å². The van der Waals surface area contributed by atoms with Gasteiger partial charge in [-0.05, 0) is 25.7 Å². The number of hydrogen-bond donors (Lipinski definition) is 1. The molecule has 5 heteroatoms. The molecule has 0 saturated carbocycles. The van der Waals surface area contributed by atoms with Crippen LogP contribution in [0.25, 0.3) is 0 Å². The Hall–Kier alpha value is -0.490. The molecule has 0 rings (SSSR count). The van der Waals surface area contributed by atoms with Crippen LogP contribution in [0.1, 0.15) is 85.5 Å². The summed E-state index contributed by atoms with van der Waals surface area (Å²) in [7, 11) is 0. The first kappa shape index (κ1) is 26.5. The van der Waals surface area contributed by atoms with E-state index < -0.39 is 0 Å². The molecule has 0 radical (unpaired) electrons. The van der Waals surface area contributed by atoms with E-state index in [0.717, 1.165) is 64.6 Å². The SMILES string of the molecule is CCCCOC[C@H](C[C@H](OCCCC)[C@H](C=N)OCCCC)OCCCC. The maximum atomic E-state index is 7.81. The van der Waals surface area contributed by atoms with Crippen LogP contribution >= 0.6 is 0 Å². The van der Waals surface area contributed by atoms with Gasteiger partial charge in [0.05, 0.1) is 18.8 Å². The second-order valence-electron chi connectivity index (χ2n) is 7.13. The van der Waals surface area contributed by atoms with Crippen LogP contribution in [-0.4, -0.2) is 57.6 Å². The average Bonchev–Trinajstić information content (AvgIpc) is 2.68. The molecule has 0 saturated heterocycles. The summed E-state index contributed by atoms with van der Waals surface area (Å²) >= 11 is 0. The predicted molar refractivity (Wildman–Crippen MR) is 113 cm³/mol. The molecule has 0 unspecified atom stereocenters. The molecule has 0 bridgehead atoms. The van der Waals surface area contributed by atoms with E-state index in [1.165, 1.54) is 6.21 Å². The van der Waals surface area contributed by atoms with Gasteiger partial charge < -0.3 is 24.4 Å². The van der Waals surface area contributed by atoms with Gasteiger partial charge in [0.2, 0.25) is 0 Å². The molecule has 0 fully saturated rings. The fourth-order valence-electron chi connectivity index (χ4n) is 2.60. The lowest BCUT2D eigenvalue weighted by molar-refractivity contribution is -0.0888. The number of ether oxygens (including phenoxy) is 4. The molecule has 27 heavy (non-hydrogen) atoms. The first-order valence-corrected chi connectivity index (χ1v) is 11.2. The number of nitrogens with one attached hydrogen (secondary N) is 1. The summed E-state index contributed by atoms with van der Waals surface area (Å²) in [5, 5.41) is 7.81. The maximum Gasteiger partial charge on any atom is 0.118 e. The van der Waals surface area contributed by atoms with E-state index in [4.69, 9.17) is 24.4 Å². The van der Waals surface area contributed by atoms with Crippen LogP contribution < -0.4 is 0 Å². The van der Waals surface area contributed by atoms with Crippen molar-refractivity contribution in [3.05, 3.63) is 0 Å². The zero-order valence-electron chi connectivity index (χ0n) is 18.3. The third-order valence-corrected chi connectivity index (χ3v) is 4.46. The van der Waals surface area contributed by atoms with Crippen molar-refractivity contribution in [2.75, 3.05) is 33.0 Å². The Morgan fingerprint density at radius 1 is 0.704 bits per heavy atom. The third-order valence-electron chi connectivity index (χ3n) is 4.46. The van der Waals surface area contributed by atoms with Crippen LogP contribution in [0.2, 0.25) is 0 Å². The van der Waals surface area contributed by atoms with Crippen LogP contribution in [0.15, 0.2) is 0 Å². The molecule has 0 aliphatic carbocycles. The fourth-order valence-corrected chi connectivity index (χ4v) is 2.60. The van der Waals surface area contributed by atoms with E-state index in [9.17, 15) is 0 Å². The van der Waals surface area contributed by atoms with Gasteiger partial charge in [-0.3, -0.25) is 0 Å². The highest BCUT2D eigenvalue weighted by molar-refractivity contribution is 5.60. The highest BCUT2D eigenvalue weighted by atomic mass is 16.5. The van der Waals surface area contributed by atoms with Crippen LogP contribution in [0.5, 0.6) is 0 Å². The van der Waals surface area contributed by atoms with E-state index in [1.54, 1.807) is 0 Å². The highest BCUT2D eigenvalue weighted by Gasteiger charge is 2.26. The minimum Gasteiger partial charge on any atom is -0.379 e. The normalized spacial score (nSPS) is 14.8. The largest absolute Gasteiger partial charge is 0.379 e. The van der Waals surface area contributed by atoms with Crippen molar-refractivity contribution in [2.45, 2.75) is 104 Å². The Labute approximate surface area is 168 Å². The number of rotatable bonds is 21. The molecule has 0 aromatic heterocycles. The van der Waals surface area contributed by atoms with Gasteiger partial charge in [-0.2, -0.15) is 0 Å². The monoisotopic (exact) mass is 387 g/mol. The zero-order chi connectivity index (χ0) is 20.2. The quantitative estimate of drug-likeness (QED) is 0.212. The highest BCUT2D eigenvalue weighted by Crippen LogP contribution is 2.15. The van der Waals surface area contributed by atoms with E-state index in [-0.39, 0.29) is 18.3 Å². The first-order valence-electron chi connectivity index (χ1n) is 11.2. The maximum absolute atomic E-state index is 7.81. The number of hydrogen-bond acceptors (Lipinski definition) is 5. The Morgan fingerprint density at radius 2 is 1.22 bits per heavy atom. The Morgan fingerprint density at radius 3 is 1.78 bits per heavy atom. The van der Waals surface area contributed by atoms with E-state index in [0.29, 0.717) is 26.2 Å². The Bertz CT molecular complexity index is 315. The van der Waals surface area contributed by atoms with Gasteiger partial charge in [-0.25, -0.2) is 0 Å². The molecule has 3 atom stereocenters. The molecule has 0 aromatic carbocycles. The Kier molecular flexibility index (Phi) is 19.9. The van der Waals surface area contributed by atoms with Crippen LogP contribution in [0.4, 0.5) is 0 Å². The van der Waals surface area contributed by atoms with E-state index in [1.807, 2.05) is 0 Å². The lowest BCUT2D eigenvalue weighted by Gasteiger charge is -2.28. The standard InChI is InChI=1S/C22H45NO4/c1-5-9-13-24-19-20(25-14-10-6-2)17-21(26-15-11-7-3)22(18-23)27-16-12-8-4/h18,20-23H,5-17,19H2,1-4H3/t20-,21-,22-/m0/s1. The van der Waals surface area contributed by atoms with Gasteiger partial charge >= 0.3 is 0 Å². The molecule has 0 aliphatic heterocycles. The molecule has 1 N–H and O–H groups in total. The molecule has 0 heterocycles. The molecule has 5 nitrogen and oxygen atoms in total. The topological polar surface area (TPSA) is 60.8 Å². The first-order chi connectivity index (χ1) is 13.2. The molecular weight excluding hydrogens is 342 g/mol. The minimum absolute atomic E-state index is 0.0164. The second-order valence-corrected chi connectivity index (χ2v) is 7.13. The van der Waals surface area contributed by atoms with Gasteiger partial charge in [0.15, 0.2) is 0 Å². The number of unbranched alkanes of at least 4 members (excludes halogenated alkanes) is 4. The molecule has 0 aliphatic rings. The Balaban J connectivity index is 4.79. The lowest BCUT2D eigenvalue weighted by Crippen LogP contribution is -2.38. The van der Waals surface area contributed by atoms with Crippen molar-refractivity contribution < 1.29 is 18.9 Å². The van der Waals surface area contributed by atoms with Crippen molar-refractivity contribution in [3.63, 3.8) is 0 Å².